The largest absolute Gasteiger partial charge is 1.00 e. The molecule has 0 aromatic heterocycles. The van der Waals surface area contributed by atoms with Gasteiger partial charge in [-0.1, -0.05) is 18.2 Å². The second-order valence-corrected chi connectivity index (χ2v) is 4.29. The summed E-state index contributed by atoms with van der Waals surface area (Å²) in [7, 11) is 0. The molecule has 18 heavy (non-hydrogen) atoms. The van der Waals surface area contributed by atoms with Gasteiger partial charge in [-0.25, -0.2) is 0 Å². The van der Waals surface area contributed by atoms with E-state index in [0.29, 0.717) is 25.1 Å². The quantitative estimate of drug-likeness (QED) is 0.583. The third-order valence-electron chi connectivity index (χ3n) is 3.07. The molecule has 0 unspecified atom stereocenters. The van der Waals surface area contributed by atoms with Crippen molar-refractivity contribution in [1.82, 2.24) is 4.90 Å². The summed E-state index contributed by atoms with van der Waals surface area (Å²) in [6.45, 7) is -2.56. The topological polar surface area (TPSA) is 20.3 Å². The van der Waals surface area contributed by atoms with E-state index in [1.807, 2.05) is 0 Å². The Balaban J connectivity index is 0.00000162. The molecule has 92 valence electrons. The Labute approximate surface area is 146 Å². The molecule has 0 fully saturated rings. The summed E-state index contributed by atoms with van der Waals surface area (Å²) in [5.41, 5.74) is 0.967. The van der Waals surface area contributed by atoms with Crippen LogP contribution in [0.4, 0.5) is 12.9 Å². The predicted octanol–water partition coefficient (Wildman–Crippen LogP) is -1.35. The van der Waals surface area contributed by atoms with Gasteiger partial charge in [0.2, 0.25) is 5.91 Å². The Morgan fingerprint density at radius 1 is 1.28 bits per heavy atom. The molecule has 0 saturated heterocycles. The molecule has 0 aliphatic carbocycles. The van der Waals surface area contributed by atoms with Crippen LogP contribution in [0, 0.1) is 0 Å². The van der Waals surface area contributed by atoms with Crippen molar-refractivity contribution in [2.24, 2.45) is 0 Å². The van der Waals surface area contributed by atoms with Gasteiger partial charge in [0.05, 0.1) is 0 Å². The van der Waals surface area contributed by atoms with E-state index >= 15 is 0 Å². The van der Waals surface area contributed by atoms with Gasteiger partial charge < -0.3 is 17.8 Å². The van der Waals surface area contributed by atoms with Gasteiger partial charge in [-0.15, -0.1) is 5.46 Å². The molecule has 0 radical (unpaired) electrons. The zero-order valence-electron chi connectivity index (χ0n) is 10.4. The van der Waals surface area contributed by atoms with Crippen molar-refractivity contribution in [2.45, 2.75) is 19.9 Å². The smallest absolute Gasteiger partial charge is 0.445 e. The maximum atomic E-state index is 12.6. The fourth-order valence-corrected chi connectivity index (χ4v) is 2.05. The summed E-state index contributed by atoms with van der Waals surface area (Å²) >= 11 is 0. The minimum absolute atomic E-state index is 0. The molecule has 1 heterocycles. The molecule has 0 saturated carbocycles. The summed E-state index contributed by atoms with van der Waals surface area (Å²) in [5, 5.41) is 0. The van der Waals surface area contributed by atoms with Crippen LogP contribution in [0.25, 0.3) is 0 Å². The number of nitrogens with zero attached hydrogens (tertiary/aromatic N) is 1. The molecule has 0 spiro atoms. The van der Waals surface area contributed by atoms with E-state index in [-0.39, 0.29) is 57.3 Å². The third kappa shape index (κ3) is 3.60. The first kappa shape index (κ1) is 16.2. The number of fused-ring (bicyclic) bond motifs is 1. The van der Waals surface area contributed by atoms with Crippen molar-refractivity contribution in [3.8, 4) is 0 Å². The molecule has 1 aliphatic heterocycles. The average molecular weight is 281 g/mol. The van der Waals surface area contributed by atoms with Crippen molar-refractivity contribution >= 4 is 18.3 Å². The molecule has 2 rings (SSSR count). The Bertz CT molecular complexity index is 464. The van der Waals surface area contributed by atoms with Crippen LogP contribution < -0.4 is 56.8 Å². The van der Waals surface area contributed by atoms with E-state index in [1.165, 1.54) is 19.1 Å². The van der Waals surface area contributed by atoms with Gasteiger partial charge in [-0.2, -0.15) is 0 Å². The molecular weight excluding hydrogens is 269 g/mol. The van der Waals surface area contributed by atoms with Crippen LogP contribution in [0.1, 0.15) is 18.1 Å². The van der Waals surface area contributed by atoms with Crippen LogP contribution in [0.5, 0.6) is 0 Å². The van der Waals surface area contributed by atoms with Crippen molar-refractivity contribution in [2.75, 3.05) is 6.54 Å². The molecule has 1 aromatic carbocycles. The average Bonchev–Trinajstić information content (AvgIpc) is 2.26. The van der Waals surface area contributed by atoms with Gasteiger partial charge in [-0.3, -0.25) is 4.79 Å². The first-order valence-corrected chi connectivity index (χ1v) is 5.45. The van der Waals surface area contributed by atoms with Gasteiger partial charge in [0.15, 0.2) is 0 Å². The number of carbonyl (C=O) groups excluding carboxylic acids is 1. The molecule has 7 heteroatoms. The van der Waals surface area contributed by atoms with Gasteiger partial charge in [-0.05, 0) is 17.5 Å². The molecule has 1 aromatic rings. The first-order chi connectivity index (χ1) is 7.88. The SMILES string of the molecule is CC(=O)N1CCc2cc([B-](F)(F)F)ccc2C1.[K+]. The van der Waals surface area contributed by atoms with Crippen LogP contribution in [-0.4, -0.2) is 24.3 Å². The third-order valence-corrected chi connectivity index (χ3v) is 3.07. The van der Waals surface area contributed by atoms with Crippen molar-refractivity contribution in [3.05, 3.63) is 29.3 Å². The van der Waals surface area contributed by atoms with E-state index in [2.05, 4.69) is 0 Å². The monoisotopic (exact) mass is 281 g/mol. The van der Waals surface area contributed by atoms with Crippen LogP contribution in [-0.2, 0) is 17.8 Å². The molecule has 0 atom stereocenters. The van der Waals surface area contributed by atoms with Crippen molar-refractivity contribution in [1.29, 1.82) is 0 Å². The number of hydrogen-bond acceptors (Lipinski definition) is 1. The van der Waals surface area contributed by atoms with Crippen LogP contribution >= 0.6 is 0 Å². The maximum absolute atomic E-state index is 12.6. The Morgan fingerprint density at radius 3 is 2.50 bits per heavy atom. The van der Waals surface area contributed by atoms with Gasteiger partial charge in [0.25, 0.3) is 0 Å². The summed E-state index contributed by atoms with van der Waals surface area (Å²) in [5.74, 6) is -0.0419. The summed E-state index contributed by atoms with van der Waals surface area (Å²) in [6.07, 6.45) is 0.495. The fourth-order valence-electron chi connectivity index (χ4n) is 2.05. The van der Waals surface area contributed by atoms with E-state index in [1.54, 1.807) is 4.90 Å². The van der Waals surface area contributed by atoms with E-state index in [0.717, 1.165) is 11.6 Å². The van der Waals surface area contributed by atoms with Crippen molar-refractivity contribution in [3.63, 3.8) is 0 Å². The van der Waals surface area contributed by atoms with Gasteiger partial charge in [0, 0.05) is 20.0 Å². The van der Waals surface area contributed by atoms with Gasteiger partial charge in [0.1, 0.15) is 0 Å². The molecule has 0 bridgehead atoms. The zero-order chi connectivity index (χ0) is 12.6. The number of halogens is 3. The summed E-state index contributed by atoms with van der Waals surface area (Å²) < 4.78 is 37.7. The maximum Gasteiger partial charge on any atom is 1.00 e. The number of carbonyl (C=O) groups is 1. The number of rotatable bonds is 1. The molecule has 1 aliphatic rings. The minimum atomic E-state index is -4.93. The predicted molar refractivity (Wildman–Crippen MR) is 59.9 cm³/mol. The molecular formula is C11H12BF3KNO. The normalized spacial score (nSPS) is 14.8. The standard InChI is InChI=1S/C11H12BF3NO.K/c1-8(17)16-5-4-9-6-11(12(13,14)15)3-2-10(9)7-16;/h2-3,6H,4-5,7H2,1H3;/q-1;+1. The summed E-state index contributed by atoms with van der Waals surface area (Å²) in [6, 6.07) is 3.80. The number of amides is 1. The number of benzene rings is 1. The first-order valence-electron chi connectivity index (χ1n) is 5.45. The minimum Gasteiger partial charge on any atom is -0.445 e. The summed E-state index contributed by atoms with van der Waals surface area (Å²) in [4.78, 5) is 12.8. The Morgan fingerprint density at radius 2 is 1.94 bits per heavy atom. The Hall–Kier alpha value is 0.181. The number of hydrogen-bond donors (Lipinski definition) is 0. The Kier molecular flexibility index (Phi) is 5.49. The van der Waals surface area contributed by atoms with E-state index < -0.39 is 12.4 Å². The zero-order valence-corrected chi connectivity index (χ0v) is 13.5. The second kappa shape index (κ2) is 6.09. The second-order valence-electron chi connectivity index (χ2n) is 4.29. The van der Waals surface area contributed by atoms with Crippen LogP contribution in [0.2, 0.25) is 0 Å². The van der Waals surface area contributed by atoms with Crippen LogP contribution in [0.15, 0.2) is 18.2 Å². The molecule has 2 nitrogen and oxygen atoms in total. The van der Waals surface area contributed by atoms with Gasteiger partial charge >= 0.3 is 58.4 Å². The van der Waals surface area contributed by atoms with Crippen LogP contribution in [0.3, 0.4) is 0 Å². The van der Waals surface area contributed by atoms with E-state index in [4.69, 9.17) is 0 Å². The van der Waals surface area contributed by atoms with Crippen molar-refractivity contribution < 1.29 is 69.1 Å². The molecule has 1 amide bonds. The molecule has 0 N–H and O–H groups in total. The van der Waals surface area contributed by atoms with E-state index in [9.17, 15) is 17.7 Å². The fraction of sp³-hybridized carbons (Fsp3) is 0.364.